The molecule has 2 bridgehead atoms. The standard InChI is InChI=1S/C13H14FNO2/c14-9-3-4-15-12(7-9)13(16)8-5-10-1-2-11(6-8)17-10/h3-4,7-8,10-11H,1-2,5-6H2. The van der Waals surface area contributed by atoms with Crippen LogP contribution in [0.2, 0.25) is 0 Å². The Morgan fingerprint density at radius 3 is 2.71 bits per heavy atom. The number of ketones is 1. The van der Waals surface area contributed by atoms with Gasteiger partial charge in [0, 0.05) is 18.2 Å². The van der Waals surface area contributed by atoms with Crippen LogP contribution in [0.5, 0.6) is 0 Å². The van der Waals surface area contributed by atoms with E-state index in [-0.39, 0.29) is 29.6 Å². The van der Waals surface area contributed by atoms with Gasteiger partial charge in [-0.25, -0.2) is 4.39 Å². The minimum absolute atomic E-state index is 0.0373. The fourth-order valence-electron chi connectivity index (χ4n) is 2.82. The average molecular weight is 235 g/mol. The molecule has 0 saturated carbocycles. The van der Waals surface area contributed by atoms with Crippen LogP contribution in [0.25, 0.3) is 0 Å². The van der Waals surface area contributed by atoms with Gasteiger partial charge in [-0.05, 0) is 31.7 Å². The lowest BCUT2D eigenvalue weighted by Crippen LogP contribution is -2.30. The van der Waals surface area contributed by atoms with Crippen molar-refractivity contribution in [3.05, 3.63) is 29.8 Å². The van der Waals surface area contributed by atoms with E-state index in [9.17, 15) is 9.18 Å². The lowest BCUT2D eigenvalue weighted by Gasteiger charge is -2.26. The molecular weight excluding hydrogens is 221 g/mol. The van der Waals surface area contributed by atoms with Crippen molar-refractivity contribution in [2.24, 2.45) is 5.92 Å². The van der Waals surface area contributed by atoms with Gasteiger partial charge in [-0.1, -0.05) is 0 Å². The molecule has 0 aromatic carbocycles. The number of aromatic nitrogens is 1. The largest absolute Gasteiger partial charge is 0.375 e. The summed E-state index contributed by atoms with van der Waals surface area (Å²) in [5.41, 5.74) is 0.247. The highest BCUT2D eigenvalue weighted by atomic mass is 19.1. The third-order valence-electron chi connectivity index (χ3n) is 3.64. The summed E-state index contributed by atoms with van der Waals surface area (Å²) in [5, 5.41) is 0. The van der Waals surface area contributed by atoms with Crippen molar-refractivity contribution < 1.29 is 13.9 Å². The molecule has 3 nitrogen and oxygen atoms in total. The summed E-state index contributed by atoms with van der Waals surface area (Å²) in [5.74, 6) is -0.487. The molecule has 3 rings (SSSR count). The van der Waals surface area contributed by atoms with Crippen molar-refractivity contribution >= 4 is 5.78 Å². The van der Waals surface area contributed by atoms with Gasteiger partial charge in [0.05, 0.1) is 12.2 Å². The van der Waals surface area contributed by atoms with E-state index in [4.69, 9.17) is 4.74 Å². The Labute approximate surface area is 99.0 Å². The Kier molecular flexibility index (Phi) is 2.67. The van der Waals surface area contributed by atoms with Crippen molar-refractivity contribution in [1.29, 1.82) is 0 Å². The molecule has 3 heterocycles. The van der Waals surface area contributed by atoms with Crippen LogP contribution in [0, 0.1) is 11.7 Å². The number of hydrogen-bond acceptors (Lipinski definition) is 3. The van der Waals surface area contributed by atoms with Crippen molar-refractivity contribution in [2.75, 3.05) is 0 Å². The second kappa shape index (κ2) is 4.18. The smallest absolute Gasteiger partial charge is 0.184 e. The van der Waals surface area contributed by atoms with Gasteiger partial charge in [-0.2, -0.15) is 0 Å². The number of carbonyl (C=O) groups is 1. The minimum Gasteiger partial charge on any atom is -0.375 e. The summed E-state index contributed by atoms with van der Waals surface area (Å²) in [7, 11) is 0. The van der Waals surface area contributed by atoms with Crippen molar-refractivity contribution in [2.45, 2.75) is 37.9 Å². The monoisotopic (exact) mass is 235 g/mol. The molecule has 2 aliphatic heterocycles. The number of fused-ring (bicyclic) bond motifs is 2. The lowest BCUT2D eigenvalue weighted by atomic mass is 9.90. The van der Waals surface area contributed by atoms with Crippen LogP contribution in [-0.4, -0.2) is 23.0 Å². The van der Waals surface area contributed by atoms with Gasteiger partial charge in [0.2, 0.25) is 0 Å². The van der Waals surface area contributed by atoms with E-state index in [1.807, 2.05) is 0 Å². The number of ether oxygens (including phenoxy) is 1. The molecule has 0 spiro atoms. The number of pyridine rings is 1. The van der Waals surface area contributed by atoms with Crippen LogP contribution in [0.3, 0.4) is 0 Å². The first-order chi connectivity index (χ1) is 8.22. The van der Waals surface area contributed by atoms with Crippen LogP contribution in [0.15, 0.2) is 18.3 Å². The molecule has 2 atom stereocenters. The lowest BCUT2D eigenvalue weighted by molar-refractivity contribution is -0.0150. The molecule has 0 N–H and O–H groups in total. The normalized spacial score (nSPS) is 31.5. The second-order valence-corrected chi connectivity index (χ2v) is 4.85. The van der Waals surface area contributed by atoms with Crippen LogP contribution in [-0.2, 0) is 4.74 Å². The average Bonchev–Trinajstić information content (AvgIpc) is 2.67. The molecule has 2 fully saturated rings. The van der Waals surface area contributed by atoms with Crippen LogP contribution in [0.1, 0.15) is 36.2 Å². The quantitative estimate of drug-likeness (QED) is 0.739. The maximum absolute atomic E-state index is 13.0. The third kappa shape index (κ3) is 2.09. The predicted molar refractivity (Wildman–Crippen MR) is 59.1 cm³/mol. The Balaban J connectivity index is 1.78. The summed E-state index contributed by atoms with van der Waals surface area (Å²) >= 11 is 0. The zero-order valence-corrected chi connectivity index (χ0v) is 9.43. The third-order valence-corrected chi connectivity index (χ3v) is 3.64. The number of Topliss-reactive ketones (excluding diaryl/α,β-unsaturated/α-hetero) is 1. The van der Waals surface area contributed by atoms with Gasteiger partial charge in [0.1, 0.15) is 11.5 Å². The number of rotatable bonds is 2. The Morgan fingerprint density at radius 2 is 2.06 bits per heavy atom. The maximum atomic E-state index is 13.0. The van der Waals surface area contributed by atoms with E-state index in [0.717, 1.165) is 25.7 Å². The second-order valence-electron chi connectivity index (χ2n) is 4.85. The number of halogens is 1. The van der Waals surface area contributed by atoms with Crippen molar-refractivity contribution in [1.82, 2.24) is 4.98 Å². The molecule has 90 valence electrons. The summed E-state index contributed by atoms with van der Waals surface area (Å²) in [6.45, 7) is 0. The molecule has 17 heavy (non-hydrogen) atoms. The fraction of sp³-hybridized carbons (Fsp3) is 0.538. The fourth-order valence-corrected chi connectivity index (χ4v) is 2.82. The Morgan fingerprint density at radius 1 is 1.35 bits per heavy atom. The number of nitrogens with zero attached hydrogens (tertiary/aromatic N) is 1. The van der Waals surface area contributed by atoms with Crippen LogP contribution < -0.4 is 0 Å². The van der Waals surface area contributed by atoms with Gasteiger partial charge in [0.25, 0.3) is 0 Å². The number of hydrogen-bond donors (Lipinski definition) is 0. The van der Waals surface area contributed by atoms with Crippen molar-refractivity contribution in [3.63, 3.8) is 0 Å². The first kappa shape index (κ1) is 10.8. The zero-order valence-electron chi connectivity index (χ0n) is 9.43. The summed E-state index contributed by atoms with van der Waals surface area (Å²) in [4.78, 5) is 16.1. The van der Waals surface area contributed by atoms with Gasteiger partial charge in [-0.3, -0.25) is 9.78 Å². The summed E-state index contributed by atoms with van der Waals surface area (Å²) in [6, 6.07) is 2.48. The zero-order chi connectivity index (χ0) is 11.8. The molecule has 2 saturated heterocycles. The topological polar surface area (TPSA) is 39.2 Å². The highest BCUT2D eigenvalue weighted by Crippen LogP contribution is 2.37. The first-order valence-electron chi connectivity index (χ1n) is 6.03. The minimum atomic E-state index is -0.404. The van der Waals surface area contributed by atoms with Crippen LogP contribution >= 0.6 is 0 Å². The molecular formula is C13H14FNO2. The highest BCUT2D eigenvalue weighted by molar-refractivity contribution is 5.96. The molecule has 0 aliphatic carbocycles. The molecule has 0 radical (unpaired) electrons. The molecule has 4 heteroatoms. The van der Waals surface area contributed by atoms with E-state index in [1.54, 1.807) is 0 Å². The Bertz CT molecular complexity index is 437. The van der Waals surface area contributed by atoms with Gasteiger partial charge in [-0.15, -0.1) is 0 Å². The highest BCUT2D eigenvalue weighted by Gasteiger charge is 2.38. The molecule has 1 aromatic rings. The number of carbonyl (C=O) groups excluding carboxylic acids is 1. The first-order valence-corrected chi connectivity index (χ1v) is 6.03. The molecule has 0 amide bonds. The van der Waals surface area contributed by atoms with Gasteiger partial charge >= 0.3 is 0 Å². The van der Waals surface area contributed by atoms with Crippen molar-refractivity contribution in [3.8, 4) is 0 Å². The SMILES string of the molecule is O=C(c1cc(F)ccn1)C1CC2CCC(C1)O2. The molecule has 2 aliphatic rings. The van der Waals surface area contributed by atoms with E-state index in [0.29, 0.717) is 0 Å². The van der Waals surface area contributed by atoms with Gasteiger partial charge < -0.3 is 4.74 Å². The van der Waals surface area contributed by atoms with E-state index in [1.165, 1.54) is 18.3 Å². The Hall–Kier alpha value is -1.29. The maximum Gasteiger partial charge on any atom is 0.184 e. The molecule has 1 aromatic heterocycles. The van der Waals surface area contributed by atoms with Crippen LogP contribution in [0.4, 0.5) is 4.39 Å². The summed E-state index contributed by atoms with van der Waals surface area (Å²) < 4.78 is 18.7. The van der Waals surface area contributed by atoms with E-state index in [2.05, 4.69) is 4.98 Å². The predicted octanol–water partition coefficient (Wildman–Crippen LogP) is 2.36. The van der Waals surface area contributed by atoms with E-state index < -0.39 is 5.82 Å². The summed E-state index contributed by atoms with van der Waals surface area (Å²) in [6.07, 6.45) is 5.39. The van der Waals surface area contributed by atoms with E-state index >= 15 is 0 Å². The van der Waals surface area contributed by atoms with Gasteiger partial charge in [0.15, 0.2) is 5.78 Å². The molecule has 2 unspecified atom stereocenters.